The van der Waals surface area contributed by atoms with Gasteiger partial charge in [-0.05, 0) is 62.6 Å². The Morgan fingerprint density at radius 3 is 1.65 bits per heavy atom. The largest absolute Gasteiger partial charge is 0.452 e. The summed E-state index contributed by atoms with van der Waals surface area (Å²) < 4.78 is 8.64. The molecule has 0 unspecified atom stereocenters. The van der Waals surface area contributed by atoms with E-state index in [9.17, 15) is 0 Å². The molecule has 13 aromatic rings. The molecule has 62 heavy (non-hydrogen) atoms. The van der Waals surface area contributed by atoms with E-state index < -0.39 is 0 Å². The molecule has 0 bridgehead atoms. The van der Waals surface area contributed by atoms with Crippen molar-refractivity contribution in [2.75, 3.05) is 0 Å². The average Bonchev–Trinajstić information content (AvgIpc) is 3.93. The predicted molar refractivity (Wildman–Crippen MR) is 255 cm³/mol. The lowest BCUT2D eigenvalue weighted by atomic mass is 9.93. The molecule has 0 aliphatic carbocycles. The number of benzene rings is 9. The third kappa shape index (κ3) is 5.39. The molecule has 4 heterocycles. The molecule has 4 aromatic heterocycles. The van der Waals surface area contributed by atoms with Crippen molar-refractivity contribution in [1.82, 2.24) is 24.9 Å². The molecule has 0 N–H and O–H groups in total. The number of aromatic nitrogens is 5. The number of fused-ring (bicyclic) bond motifs is 12. The molecular formula is C55H31N5OS. The van der Waals surface area contributed by atoms with Crippen LogP contribution in [0, 0.1) is 0 Å². The summed E-state index contributed by atoms with van der Waals surface area (Å²) in [4.78, 5) is 26.2. The second kappa shape index (κ2) is 13.7. The zero-order chi connectivity index (χ0) is 40.7. The molecule has 9 aromatic carbocycles. The van der Waals surface area contributed by atoms with Gasteiger partial charge >= 0.3 is 0 Å². The zero-order valence-electron chi connectivity index (χ0n) is 33.0. The number of hydrogen-bond donors (Lipinski definition) is 0. The van der Waals surface area contributed by atoms with Gasteiger partial charge in [-0.25, -0.2) is 24.9 Å². The van der Waals surface area contributed by atoms with E-state index in [2.05, 4.69) is 133 Å². The van der Waals surface area contributed by atoms with E-state index in [4.69, 9.17) is 29.3 Å². The third-order valence-electron chi connectivity index (χ3n) is 11.9. The van der Waals surface area contributed by atoms with Crippen molar-refractivity contribution in [3.05, 3.63) is 188 Å². The van der Waals surface area contributed by atoms with Crippen LogP contribution < -0.4 is 0 Å². The second-order valence-corrected chi connectivity index (χ2v) is 16.6. The molecule has 13 rings (SSSR count). The predicted octanol–water partition coefficient (Wildman–Crippen LogP) is 14.7. The molecular weight excluding hydrogens is 779 g/mol. The van der Waals surface area contributed by atoms with Crippen LogP contribution in [0.1, 0.15) is 0 Å². The van der Waals surface area contributed by atoms with Crippen LogP contribution >= 0.6 is 11.3 Å². The Morgan fingerprint density at radius 1 is 0.355 bits per heavy atom. The minimum Gasteiger partial charge on any atom is -0.452 e. The maximum absolute atomic E-state index is 6.43. The highest BCUT2D eigenvalue weighted by Crippen LogP contribution is 2.45. The molecule has 0 saturated carbocycles. The summed E-state index contributed by atoms with van der Waals surface area (Å²) in [7, 11) is 0. The van der Waals surface area contributed by atoms with Crippen molar-refractivity contribution < 1.29 is 4.42 Å². The quantitative estimate of drug-likeness (QED) is 0.161. The normalized spacial score (nSPS) is 11.9. The van der Waals surface area contributed by atoms with Gasteiger partial charge in [0.1, 0.15) is 16.8 Å². The first-order valence-electron chi connectivity index (χ1n) is 20.6. The van der Waals surface area contributed by atoms with Gasteiger partial charge in [0.25, 0.3) is 0 Å². The van der Waals surface area contributed by atoms with Crippen LogP contribution in [0.25, 0.3) is 131 Å². The third-order valence-corrected chi connectivity index (χ3v) is 13.1. The Hall–Kier alpha value is -8.13. The topological polar surface area (TPSA) is 77.6 Å². The Balaban J connectivity index is 1.03. The van der Waals surface area contributed by atoms with E-state index in [0.29, 0.717) is 28.9 Å². The number of rotatable bonds is 5. The Kier molecular flexibility index (Phi) is 7.67. The van der Waals surface area contributed by atoms with Gasteiger partial charge in [0, 0.05) is 53.4 Å². The first-order valence-corrected chi connectivity index (χ1v) is 21.4. The summed E-state index contributed by atoms with van der Waals surface area (Å²) in [5, 5.41) is 10.4. The van der Waals surface area contributed by atoms with Crippen molar-refractivity contribution in [1.29, 1.82) is 0 Å². The first-order chi connectivity index (χ1) is 30.7. The molecule has 0 amide bonds. The maximum atomic E-state index is 6.43. The fourth-order valence-electron chi connectivity index (χ4n) is 9.10. The van der Waals surface area contributed by atoms with Crippen molar-refractivity contribution >= 4 is 85.9 Å². The van der Waals surface area contributed by atoms with Gasteiger partial charge in [-0.3, -0.25) is 0 Å². The lowest BCUT2D eigenvalue weighted by Crippen LogP contribution is -2.00. The molecule has 0 aliphatic rings. The molecule has 0 atom stereocenters. The number of thiophene rings is 1. The lowest BCUT2D eigenvalue weighted by molar-refractivity contribution is 0.667. The van der Waals surface area contributed by atoms with Gasteiger partial charge in [0.15, 0.2) is 28.9 Å². The molecule has 0 spiro atoms. The summed E-state index contributed by atoms with van der Waals surface area (Å²) in [5.74, 6) is 2.50. The molecule has 0 radical (unpaired) electrons. The van der Waals surface area contributed by atoms with Crippen LogP contribution in [0.2, 0.25) is 0 Å². The van der Waals surface area contributed by atoms with Crippen LogP contribution in [0.3, 0.4) is 0 Å². The number of nitrogens with zero attached hydrogens (tertiary/aromatic N) is 5. The van der Waals surface area contributed by atoms with E-state index >= 15 is 0 Å². The van der Waals surface area contributed by atoms with Crippen molar-refractivity contribution in [2.24, 2.45) is 0 Å². The molecule has 0 fully saturated rings. The number of para-hydroxylation sites is 1. The average molecular weight is 810 g/mol. The van der Waals surface area contributed by atoms with Crippen LogP contribution in [-0.2, 0) is 0 Å². The highest BCUT2D eigenvalue weighted by Gasteiger charge is 2.22. The second-order valence-electron chi connectivity index (χ2n) is 15.5. The Bertz CT molecular complexity index is 3900. The van der Waals surface area contributed by atoms with Gasteiger partial charge < -0.3 is 4.42 Å². The summed E-state index contributed by atoms with van der Waals surface area (Å²) >= 11 is 1.73. The highest BCUT2D eigenvalue weighted by molar-refractivity contribution is 7.26. The van der Waals surface area contributed by atoms with E-state index in [0.717, 1.165) is 75.6 Å². The monoisotopic (exact) mass is 809 g/mol. The van der Waals surface area contributed by atoms with Crippen LogP contribution in [0.5, 0.6) is 0 Å². The molecule has 6 nitrogen and oxygen atoms in total. The van der Waals surface area contributed by atoms with Gasteiger partial charge in [-0.1, -0.05) is 158 Å². The first kappa shape index (κ1) is 34.7. The highest BCUT2D eigenvalue weighted by atomic mass is 32.1. The van der Waals surface area contributed by atoms with Gasteiger partial charge in [-0.15, -0.1) is 11.3 Å². The van der Waals surface area contributed by atoms with Crippen molar-refractivity contribution in [3.63, 3.8) is 0 Å². The summed E-state index contributed by atoms with van der Waals surface area (Å²) in [6.07, 6.45) is 0. The molecule has 0 saturated heterocycles. The van der Waals surface area contributed by atoms with E-state index in [1.54, 1.807) is 11.3 Å². The molecule has 0 aliphatic heterocycles. The maximum Gasteiger partial charge on any atom is 0.180 e. The number of furan rings is 1. The van der Waals surface area contributed by atoms with Crippen LogP contribution in [0.15, 0.2) is 192 Å². The Labute approximate surface area is 358 Å². The van der Waals surface area contributed by atoms with Crippen LogP contribution in [0.4, 0.5) is 0 Å². The van der Waals surface area contributed by atoms with E-state index in [-0.39, 0.29) is 0 Å². The fourth-order valence-corrected chi connectivity index (χ4v) is 10.3. The smallest absolute Gasteiger partial charge is 0.180 e. The van der Waals surface area contributed by atoms with Crippen LogP contribution in [-0.4, -0.2) is 24.9 Å². The molecule has 7 heteroatoms. The number of hydrogen-bond acceptors (Lipinski definition) is 7. The van der Waals surface area contributed by atoms with Gasteiger partial charge in [-0.2, -0.15) is 0 Å². The van der Waals surface area contributed by atoms with Crippen molar-refractivity contribution in [2.45, 2.75) is 0 Å². The van der Waals surface area contributed by atoms with E-state index in [1.165, 1.54) is 26.9 Å². The minimum atomic E-state index is 0.613. The zero-order valence-corrected chi connectivity index (χ0v) is 33.8. The minimum absolute atomic E-state index is 0.613. The SMILES string of the molecule is c1ccc(-c2nc(-c3ccc4c5ccccc5c5ccccc5c4c3)nc(-c3cccc4sc5c(-c6nc(-c7ccccc7)c7oc8ccccc8c7n6)cccc5c34)n2)cc1. The van der Waals surface area contributed by atoms with Gasteiger partial charge in [0.2, 0.25) is 0 Å². The summed E-state index contributed by atoms with van der Waals surface area (Å²) in [6.45, 7) is 0. The summed E-state index contributed by atoms with van der Waals surface area (Å²) in [6, 6.07) is 65.1. The van der Waals surface area contributed by atoms with Gasteiger partial charge in [0.05, 0.1) is 0 Å². The Morgan fingerprint density at radius 2 is 0.903 bits per heavy atom. The summed E-state index contributed by atoms with van der Waals surface area (Å²) in [5.41, 5.74) is 7.74. The molecule has 288 valence electrons. The standard InChI is InChI=1S/C55H31N5OS/c1-3-15-32(16-4-1)48-50-49(40-23-11-12-27-45(40)61-50)57-55(56-48)43-26-13-24-41-47-42(25-14-28-46(47)62-51(41)43)54-59-52(33-17-5-2-6-18-33)58-53(60-54)34-29-30-39-37-21-8-7-19-35(37)36-20-9-10-22-38(36)44(39)31-34/h1-31H. The lowest BCUT2D eigenvalue weighted by Gasteiger charge is -2.13. The fraction of sp³-hybridized carbons (Fsp3) is 0. The van der Waals surface area contributed by atoms with Crippen molar-refractivity contribution in [3.8, 4) is 56.8 Å². The van der Waals surface area contributed by atoms with E-state index in [1.807, 2.05) is 54.6 Å².